The topological polar surface area (TPSA) is 21.3 Å². The van der Waals surface area contributed by atoms with E-state index in [1.165, 1.54) is 19.2 Å². The molecule has 21 heavy (non-hydrogen) atoms. The van der Waals surface area contributed by atoms with Crippen molar-refractivity contribution in [3.8, 4) is 5.75 Å². The Morgan fingerprint density at radius 3 is 2.52 bits per heavy atom. The second kappa shape index (κ2) is 5.45. The van der Waals surface area contributed by atoms with Gasteiger partial charge in [-0.3, -0.25) is 0 Å². The molecule has 0 spiro atoms. The van der Waals surface area contributed by atoms with Crippen molar-refractivity contribution in [1.29, 1.82) is 0 Å². The number of benzene rings is 2. The van der Waals surface area contributed by atoms with Crippen molar-refractivity contribution >= 4 is 0 Å². The van der Waals surface area contributed by atoms with E-state index in [0.29, 0.717) is 6.42 Å². The van der Waals surface area contributed by atoms with Crippen LogP contribution < -0.4 is 10.1 Å². The zero-order valence-corrected chi connectivity index (χ0v) is 11.8. The molecule has 0 aliphatic carbocycles. The van der Waals surface area contributed by atoms with Gasteiger partial charge >= 0.3 is 0 Å². The van der Waals surface area contributed by atoms with Crippen LogP contribution in [0.4, 0.5) is 8.78 Å². The van der Waals surface area contributed by atoms with Crippen LogP contribution in [0.2, 0.25) is 0 Å². The van der Waals surface area contributed by atoms with Crippen molar-refractivity contribution in [3.63, 3.8) is 0 Å². The number of nitrogens with one attached hydrogen (secondary N) is 1. The van der Waals surface area contributed by atoms with E-state index >= 15 is 0 Å². The Bertz CT molecular complexity index is 653. The monoisotopic (exact) mass is 289 g/mol. The van der Waals surface area contributed by atoms with Crippen LogP contribution in [0.15, 0.2) is 42.5 Å². The van der Waals surface area contributed by atoms with E-state index in [2.05, 4.69) is 5.32 Å². The Balaban J connectivity index is 1.89. The molecule has 2 aromatic rings. The zero-order chi connectivity index (χ0) is 14.9. The van der Waals surface area contributed by atoms with Gasteiger partial charge < -0.3 is 10.1 Å². The highest BCUT2D eigenvalue weighted by Crippen LogP contribution is 2.33. The lowest BCUT2D eigenvalue weighted by molar-refractivity contribution is 0.273. The van der Waals surface area contributed by atoms with Crippen LogP contribution in [-0.2, 0) is 11.8 Å². The maximum Gasteiger partial charge on any atom is 0.165 e. The van der Waals surface area contributed by atoms with Crippen LogP contribution >= 0.6 is 0 Å². The molecule has 2 aromatic carbocycles. The predicted molar refractivity (Wildman–Crippen MR) is 77.6 cm³/mol. The summed E-state index contributed by atoms with van der Waals surface area (Å²) in [6, 6.07) is 11.7. The number of halogens is 2. The third-order valence-electron chi connectivity index (χ3n) is 4.12. The molecule has 0 aromatic heterocycles. The minimum Gasteiger partial charge on any atom is -0.494 e. The molecule has 0 unspecified atom stereocenters. The summed E-state index contributed by atoms with van der Waals surface area (Å²) in [5, 5.41) is 3.24. The first-order valence-electron chi connectivity index (χ1n) is 6.92. The molecule has 0 radical (unpaired) electrons. The number of hydrogen-bond donors (Lipinski definition) is 1. The lowest BCUT2D eigenvalue weighted by Crippen LogP contribution is -2.58. The van der Waals surface area contributed by atoms with Gasteiger partial charge in [0.1, 0.15) is 5.82 Å². The fourth-order valence-electron chi connectivity index (χ4n) is 2.89. The summed E-state index contributed by atoms with van der Waals surface area (Å²) in [6.07, 6.45) is 0.671. The molecule has 1 aliphatic rings. The Kier molecular flexibility index (Phi) is 3.64. The summed E-state index contributed by atoms with van der Waals surface area (Å²) in [6.45, 7) is 1.54. The highest BCUT2D eigenvalue weighted by molar-refractivity contribution is 5.36. The van der Waals surface area contributed by atoms with Crippen molar-refractivity contribution < 1.29 is 13.5 Å². The van der Waals surface area contributed by atoms with Crippen molar-refractivity contribution in [2.45, 2.75) is 11.8 Å². The largest absolute Gasteiger partial charge is 0.494 e. The lowest BCUT2D eigenvalue weighted by atomic mass is 9.71. The molecule has 0 amide bonds. The number of ether oxygens (including phenoxy) is 1. The second-order valence-corrected chi connectivity index (χ2v) is 5.54. The summed E-state index contributed by atoms with van der Waals surface area (Å²) in [7, 11) is 1.45. The lowest BCUT2D eigenvalue weighted by Gasteiger charge is -2.43. The van der Waals surface area contributed by atoms with Crippen LogP contribution in [-0.4, -0.2) is 20.2 Å². The molecule has 1 aliphatic heterocycles. The smallest absolute Gasteiger partial charge is 0.165 e. The van der Waals surface area contributed by atoms with Gasteiger partial charge in [-0.25, -0.2) is 8.78 Å². The Labute approximate surface area is 122 Å². The molecule has 4 heteroatoms. The van der Waals surface area contributed by atoms with E-state index in [9.17, 15) is 8.78 Å². The Hall–Kier alpha value is -1.94. The summed E-state index contributed by atoms with van der Waals surface area (Å²) in [5.41, 5.74) is 1.68. The number of hydrogen-bond acceptors (Lipinski definition) is 2. The molecule has 1 fully saturated rings. The fraction of sp³-hybridized carbons (Fsp3) is 0.294. The minimum atomic E-state index is -0.364. The summed E-state index contributed by atoms with van der Waals surface area (Å²) < 4.78 is 32.2. The molecule has 2 nitrogen and oxygen atoms in total. The molecule has 0 saturated carbocycles. The van der Waals surface area contributed by atoms with Crippen LogP contribution in [0.3, 0.4) is 0 Å². The summed E-state index contributed by atoms with van der Waals surface area (Å²) in [4.78, 5) is 0. The van der Waals surface area contributed by atoms with E-state index in [-0.39, 0.29) is 22.8 Å². The van der Waals surface area contributed by atoms with Gasteiger partial charge in [0.2, 0.25) is 0 Å². The van der Waals surface area contributed by atoms with Crippen molar-refractivity contribution in [2.24, 2.45) is 0 Å². The zero-order valence-electron chi connectivity index (χ0n) is 11.8. The first-order chi connectivity index (χ1) is 10.1. The SMILES string of the molecule is COc1ccc(CC2(c3cccc(F)c3)CNC2)cc1F. The first-order valence-corrected chi connectivity index (χ1v) is 6.92. The quantitative estimate of drug-likeness (QED) is 0.934. The first kappa shape index (κ1) is 14.0. The van der Waals surface area contributed by atoms with Gasteiger partial charge in [-0.05, 0) is 41.8 Å². The van der Waals surface area contributed by atoms with Gasteiger partial charge in [-0.2, -0.15) is 0 Å². The molecule has 110 valence electrons. The summed E-state index contributed by atoms with van der Waals surface area (Å²) >= 11 is 0. The van der Waals surface area contributed by atoms with Crippen LogP contribution in [0, 0.1) is 11.6 Å². The molecule has 3 rings (SSSR count). The van der Waals surface area contributed by atoms with E-state index < -0.39 is 0 Å². The highest BCUT2D eigenvalue weighted by Gasteiger charge is 2.39. The van der Waals surface area contributed by atoms with E-state index in [1.807, 2.05) is 12.1 Å². The fourth-order valence-corrected chi connectivity index (χ4v) is 2.89. The average Bonchev–Trinajstić information content (AvgIpc) is 2.43. The third kappa shape index (κ3) is 2.63. The van der Waals surface area contributed by atoms with Gasteiger partial charge in [-0.15, -0.1) is 0 Å². The van der Waals surface area contributed by atoms with Crippen molar-refractivity contribution in [3.05, 3.63) is 65.2 Å². The van der Waals surface area contributed by atoms with Gasteiger partial charge in [0, 0.05) is 18.5 Å². The van der Waals surface area contributed by atoms with Crippen LogP contribution in [0.5, 0.6) is 5.75 Å². The van der Waals surface area contributed by atoms with Gasteiger partial charge in [-0.1, -0.05) is 18.2 Å². The molecule has 1 N–H and O–H groups in total. The predicted octanol–water partition coefficient (Wildman–Crippen LogP) is 3.06. The normalized spacial score (nSPS) is 16.3. The minimum absolute atomic E-state index is 0.164. The molecule has 0 bridgehead atoms. The highest BCUT2D eigenvalue weighted by atomic mass is 19.1. The number of rotatable bonds is 4. The molecule has 0 atom stereocenters. The van der Waals surface area contributed by atoms with E-state index in [4.69, 9.17) is 4.74 Å². The van der Waals surface area contributed by atoms with Gasteiger partial charge in [0.25, 0.3) is 0 Å². The van der Waals surface area contributed by atoms with Gasteiger partial charge in [0.15, 0.2) is 11.6 Å². The maximum atomic E-state index is 13.8. The maximum absolute atomic E-state index is 13.8. The molecular formula is C17H17F2NO. The molecule has 1 heterocycles. The number of methoxy groups -OCH3 is 1. The second-order valence-electron chi connectivity index (χ2n) is 5.54. The van der Waals surface area contributed by atoms with Crippen LogP contribution in [0.1, 0.15) is 11.1 Å². The third-order valence-corrected chi connectivity index (χ3v) is 4.12. The summed E-state index contributed by atoms with van der Waals surface area (Å²) in [5.74, 6) is -0.360. The van der Waals surface area contributed by atoms with Gasteiger partial charge in [0.05, 0.1) is 7.11 Å². The van der Waals surface area contributed by atoms with Crippen LogP contribution in [0.25, 0.3) is 0 Å². The average molecular weight is 289 g/mol. The van der Waals surface area contributed by atoms with Crippen molar-refractivity contribution in [2.75, 3.05) is 20.2 Å². The molecular weight excluding hydrogens is 272 g/mol. The molecule has 1 saturated heterocycles. The Morgan fingerprint density at radius 2 is 1.95 bits per heavy atom. The standard InChI is InChI=1S/C17H17F2NO/c1-21-16-6-5-12(7-15(16)19)9-17(10-20-11-17)13-3-2-4-14(18)8-13/h2-8,20H,9-11H2,1H3. The van der Waals surface area contributed by atoms with E-state index in [0.717, 1.165) is 24.2 Å². The van der Waals surface area contributed by atoms with E-state index in [1.54, 1.807) is 18.2 Å². The van der Waals surface area contributed by atoms with Crippen molar-refractivity contribution in [1.82, 2.24) is 5.32 Å². The Morgan fingerprint density at radius 1 is 1.14 bits per heavy atom.